The van der Waals surface area contributed by atoms with Gasteiger partial charge in [0.25, 0.3) is 0 Å². The zero-order chi connectivity index (χ0) is 22.1. The van der Waals surface area contributed by atoms with Gasteiger partial charge >= 0.3 is 0 Å². The second-order valence-corrected chi connectivity index (χ2v) is 9.26. The average Bonchev–Trinajstić information content (AvgIpc) is 3.14. The number of anilines is 1. The van der Waals surface area contributed by atoms with Crippen LogP contribution in [0.2, 0.25) is 5.02 Å². The summed E-state index contributed by atoms with van der Waals surface area (Å²) >= 11 is 11.3. The van der Waals surface area contributed by atoms with Gasteiger partial charge in [-0.1, -0.05) is 47.6 Å². The normalized spacial score (nSPS) is 15.5. The number of ketones is 1. The molecule has 2 aromatic carbocycles. The Morgan fingerprint density at radius 2 is 2.10 bits per heavy atom. The van der Waals surface area contributed by atoms with Gasteiger partial charge in [-0.25, -0.2) is 4.68 Å². The van der Waals surface area contributed by atoms with Crippen LogP contribution in [-0.4, -0.2) is 27.7 Å². The molecule has 3 aromatic rings. The summed E-state index contributed by atoms with van der Waals surface area (Å²) in [6, 6.07) is 13.1. The lowest BCUT2D eigenvalue weighted by Gasteiger charge is -2.28. The summed E-state index contributed by atoms with van der Waals surface area (Å²) in [7, 11) is 1.62. The standard InChI is InChI=1S/C22H20BrClN4O2S/c1-12-19(13(2)29)20(14-8-9-18(30-3)16(23)10-14)28-21(25-12)26-22(27-28)31-11-15-6-4-5-7-17(15)24/h4-10,20H,11H2,1-3H3,(H,25,26,27). The third-order valence-electron chi connectivity index (χ3n) is 5.02. The monoisotopic (exact) mass is 518 g/mol. The van der Waals surface area contributed by atoms with Crippen molar-refractivity contribution in [3.8, 4) is 5.75 Å². The molecule has 0 aliphatic carbocycles. The number of carbonyl (C=O) groups is 1. The van der Waals surface area contributed by atoms with E-state index in [0.717, 1.165) is 32.1 Å². The molecule has 4 rings (SSSR count). The first-order chi connectivity index (χ1) is 14.9. The number of nitrogens with zero attached hydrogens (tertiary/aromatic N) is 3. The van der Waals surface area contributed by atoms with Crippen molar-refractivity contribution in [2.75, 3.05) is 12.4 Å². The minimum absolute atomic E-state index is 0.0200. The van der Waals surface area contributed by atoms with Crippen LogP contribution in [0, 0.1) is 0 Å². The van der Waals surface area contributed by atoms with Crippen molar-refractivity contribution in [3.05, 3.63) is 74.4 Å². The quantitative estimate of drug-likeness (QED) is 0.411. The van der Waals surface area contributed by atoms with Gasteiger partial charge in [-0.2, -0.15) is 4.98 Å². The molecular formula is C22H20BrClN4O2S. The van der Waals surface area contributed by atoms with Crippen LogP contribution in [0.15, 0.2) is 63.4 Å². The number of ether oxygens (including phenoxy) is 1. The van der Waals surface area contributed by atoms with Gasteiger partial charge in [-0.05, 0) is 59.1 Å². The minimum Gasteiger partial charge on any atom is -0.496 e. The van der Waals surface area contributed by atoms with Crippen LogP contribution in [0.1, 0.15) is 31.0 Å². The van der Waals surface area contributed by atoms with Gasteiger partial charge < -0.3 is 10.1 Å². The number of fused-ring (bicyclic) bond motifs is 1. The predicted molar refractivity (Wildman–Crippen MR) is 127 cm³/mol. The Morgan fingerprint density at radius 3 is 2.77 bits per heavy atom. The highest BCUT2D eigenvalue weighted by atomic mass is 79.9. The van der Waals surface area contributed by atoms with Crippen molar-refractivity contribution in [1.82, 2.24) is 14.8 Å². The molecule has 0 bridgehead atoms. The van der Waals surface area contributed by atoms with Crippen molar-refractivity contribution < 1.29 is 9.53 Å². The first-order valence-corrected chi connectivity index (χ1v) is 11.7. The Bertz CT molecular complexity index is 1190. The predicted octanol–water partition coefficient (Wildman–Crippen LogP) is 5.87. The van der Waals surface area contributed by atoms with E-state index in [-0.39, 0.29) is 5.78 Å². The number of hydrogen-bond donors (Lipinski definition) is 1. The van der Waals surface area contributed by atoms with Gasteiger partial charge in [0.1, 0.15) is 11.8 Å². The summed E-state index contributed by atoms with van der Waals surface area (Å²) in [6.45, 7) is 3.46. The number of carbonyl (C=O) groups excluding carboxylic acids is 1. The van der Waals surface area contributed by atoms with Crippen LogP contribution in [0.4, 0.5) is 5.95 Å². The van der Waals surface area contributed by atoms with Crippen molar-refractivity contribution in [1.29, 1.82) is 0 Å². The molecule has 1 atom stereocenters. The molecule has 0 fully saturated rings. The first-order valence-electron chi connectivity index (χ1n) is 9.54. The maximum atomic E-state index is 12.6. The molecule has 1 aliphatic heterocycles. The molecule has 1 aromatic heterocycles. The number of methoxy groups -OCH3 is 1. The van der Waals surface area contributed by atoms with E-state index < -0.39 is 6.04 Å². The van der Waals surface area contributed by atoms with E-state index in [1.165, 1.54) is 11.8 Å². The number of halogens is 2. The zero-order valence-corrected chi connectivity index (χ0v) is 20.3. The maximum absolute atomic E-state index is 12.6. The van der Waals surface area contributed by atoms with E-state index in [9.17, 15) is 4.79 Å². The van der Waals surface area contributed by atoms with Crippen LogP contribution in [-0.2, 0) is 10.5 Å². The number of allylic oxidation sites excluding steroid dienone is 2. The molecule has 9 heteroatoms. The summed E-state index contributed by atoms with van der Waals surface area (Å²) in [4.78, 5) is 17.2. The number of hydrogen-bond acceptors (Lipinski definition) is 6. The molecule has 1 aliphatic rings. The SMILES string of the molecule is COc1ccc(C2C(C(C)=O)=C(C)Nc3nc(SCc4ccccc4Cl)nn32)cc1Br. The van der Waals surface area contributed by atoms with E-state index in [2.05, 4.69) is 26.2 Å². The third-order valence-corrected chi connectivity index (χ3v) is 6.89. The van der Waals surface area contributed by atoms with Gasteiger partial charge in [0.15, 0.2) is 5.78 Å². The number of thioether (sulfide) groups is 1. The molecule has 0 saturated heterocycles. The van der Waals surface area contributed by atoms with E-state index in [0.29, 0.717) is 22.4 Å². The summed E-state index contributed by atoms with van der Waals surface area (Å²) in [5.41, 5.74) is 3.35. The van der Waals surface area contributed by atoms with Crippen molar-refractivity contribution in [3.63, 3.8) is 0 Å². The van der Waals surface area contributed by atoms with Crippen LogP contribution < -0.4 is 10.1 Å². The van der Waals surface area contributed by atoms with Gasteiger partial charge in [0.05, 0.1) is 11.6 Å². The van der Waals surface area contributed by atoms with Crippen molar-refractivity contribution >= 4 is 51.0 Å². The number of benzene rings is 2. The van der Waals surface area contributed by atoms with E-state index in [1.54, 1.807) is 18.7 Å². The van der Waals surface area contributed by atoms with Gasteiger partial charge in [0, 0.05) is 22.0 Å². The largest absolute Gasteiger partial charge is 0.496 e. The molecule has 0 amide bonds. The molecular weight excluding hydrogens is 500 g/mol. The molecule has 0 radical (unpaired) electrons. The number of aromatic nitrogens is 3. The van der Waals surface area contributed by atoms with Crippen LogP contribution in [0.25, 0.3) is 0 Å². The van der Waals surface area contributed by atoms with E-state index >= 15 is 0 Å². The summed E-state index contributed by atoms with van der Waals surface area (Å²) < 4.78 is 7.93. The Morgan fingerprint density at radius 1 is 1.32 bits per heavy atom. The molecule has 1 N–H and O–H groups in total. The van der Waals surface area contributed by atoms with Crippen LogP contribution in [0.5, 0.6) is 5.75 Å². The fourth-order valence-electron chi connectivity index (χ4n) is 3.57. The second-order valence-electron chi connectivity index (χ2n) is 7.06. The van der Waals surface area contributed by atoms with Crippen LogP contribution in [0.3, 0.4) is 0 Å². The lowest BCUT2D eigenvalue weighted by atomic mass is 9.93. The van der Waals surface area contributed by atoms with Crippen LogP contribution >= 0.6 is 39.3 Å². The summed E-state index contributed by atoms with van der Waals surface area (Å²) in [5, 5.41) is 9.28. The van der Waals surface area contributed by atoms with E-state index in [1.807, 2.05) is 49.4 Å². The maximum Gasteiger partial charge on any atom is 0.227 e. The highest BCUT2D eigenvalue weighted by Crippen LogP contribution is 2.39. The Balaban J connectivity index is 1.71. The fraction of sp³-hybridized carbons (Fsp3) is 0.227. The second kappa shape index (κ2) is 9.06. The molecule has 6 nitrogen and oxygen atoms in total. The molecule has 2 heterocycles. The minimum atomic E-state index is -0.391. The van der Waals surface area contributed by atoms with Gasteiger partial charge in [0.2, 0.25) is 11.1 Å². The number of nitrogens with one attached hydrogen (secondary N) is 1. The Hall–Kier alpha value is -2.29. The summed E-state index contributed by atoms with van der Waals surface area (Å²) in [6.07, 6.45) is 0. The van der Waals surface area contributed by atoms with E-state index in [4.69, 9.17) is 21.4 Å². The van der Waals surface area contributed by atoms with Crippen molar-refractivity contribution in [2.45, 2.75) is 30.8 Å². The third kappa shape index (κ3) is 4.37. The fourth-order valence-corrected chi connectivity index (χ4v) is 5.24. The smallest absolute Gasteiger partial charge is 0.227 e. The molecule has 160 valence electrons. The van der Waals surface area contributed by atoms with Gasteiger partial charge in [-0.15, -0.1) is 5.10 Å². The number of rotatable bonds is 6. The lowest BCUT2D eigenvalue weighted by Crippen LogP contribution is -2.27. The molecule has 31 heavy (non-hydrogen) atoms. The zero-order valence-electron chi connectivity index (χ0n) is 17.1. The van der Waals surface area contributed by atoms with Gasteiger partial charge in [-0.3, -0.25) is 4.79 Å². The molecule has 1 unspecified atom stereocenters. The first kappa shape index (κ1) is 21.9. The highest BCUT2D eigenvalue weighted by molar-refractivity contribution is 9.10. The highest BCUT2D eigenvalue weighted by Gasteiger charge is 2.33. The average molecular weight is 520 g/mol. The Labute approximate surface area is 198 Å². The summed E-state index contributed by atoms with van der Waals surface area (Å²) in [5.74, 6) is 1.94. The molecule has 0 saturated carbocycles. The lowest BCUT2D eigenvalue weighted by molar-refractivity contribution is -0.114. The van der Waals surface area contributed by atoms with Crippen molar-refractivity contribution in [2.24, 2.45) is 0 Å². The number of Topliss-reactive ketones (excluding diaryl/α,β-unsaturated/α-hetero) is 1. The topological polar surface area (TPSA) is 69.0 Å². The molecule has 0 spiro atoms. The Kier molecular flexibility index (Phi) is 6.41.